The minimum Gasteiger partial charge on any atom is -0.374 e. The van der Waals surface area contributed by atoms with Crippen LogP contribution in [0.3, 0.4) is 0 Å². The summed E-state index contributed by atoms with van der Waals surface area (Å²) in [6, 6.07) is 14.5. The van der Waals surface area contributed by atoms with Crippen LogP contribution in [0.5, 0.6) is 0 Å². The Morgan fingerprint density at radius 2 is 1.48 bits per heavy atom. The molecule has 23 heavy (non-hydrogen) atoms. The fourth-order valence-electron chi connectivity index (χ4n) is 2.08. The summed E-state index contributed by atoms with van der Waals surface area (Å²) in [7, 11) is -0.799. The Hall–Kier alpha value is -0.305. The Morgan fingerprint density at radius 1 is 0.870 bits per heavy atom. The minimum atomic E-state index is -0.799. The molecule has 0 bridgehead atoms. The number of thiol groups is 2. The zero-order chi connectivity index (χ0) is 16.8. The highest BCUT2D eigenvalue weighted by atomic mass is 32.2. The van der Waals surface area contributed by atoms with Crippen LogP contribution in [-0.4, -0.2) is 23.6 Å². The molecule has 0 spiro atoms. The molecule has 0 aliphatic rings. The van der Waals surface area contributed by atoms with Crippen molar-refractivity contribution in [2.75, 3.05) is 0 Å². The van der Waals surface area contributed by atoms with Crippen molar-refractivity contribution in [3.8, 4) is 0 Å². The van der Waals surface area contributed by atoms with E-state index >= 15 is 0 Å². The Bertz CT molecular complexity index is 609. The average molecular weight is 368 g/mol. The summed E-state index contributed by atoms with van der Waals surface area (Å²) in [6.45, 7) is 5.60. The zero-order valence-corrected chi connectivity index (χ0v) is 16.0. The minimum absolute atomic E-state index is 0.148. The first-order valence-corrected chi connectivity index (χ1v) is 9.34. The molecule has 7 heteroatoms. The first kappa shape index (κ1) is 19.0. The summed E-state index contributed by atoms with van der Waals surface area (Å²) in [5.74, 6) is 0. The van der Waals surface area contributed by atoms with Gasteiger partial charge in [-0.3, -0.25) is 0 Å². The van der Waals surface area contributed by atoms with E-state index < -0.39 is 7.32 Å². The molecule has 124 valence electrons. The molecule has 2 aromatic carbocycles. The maximum atomic E-state index is 5.85. The van der Waals surface area contributed by atoms with Crippen LogP contribution in [0.15, 0.2) is 47.4 Å². The van der Waals surface area contributed by atoms with E-state index in [1.165, 1.54) is 10.8 Å². The smallest absolute Gasteiger partial charge is 0.374 e. The van der Waals surface area contributed by atoms with Crippen LogP contribution in [0.25, 0.3) is 10.8 Å². The monoisotopic (exact) mass is 368 g/mol. The summed E-state index contributed by atoms with van der Waals surface area (Å²) >= 11 is 10.1. The van der Waals surface area contributed by atoms with E-state index in [1.54, 1.807) is 11.8 Å². The van der Waals surface area contributed by atoms with Crippen LogP contribution in [0.4, 0.5) is 0 Å². The quantitative estimate of drug-likeness (QED) is 0.301. The first-order chi connectivity index (χ1) is 11.0. The van der Waals surface area contributed by atoms with Gasteiger partial charge in [0.1, 0.15) is 0 Å². The lowest BCUT2D eigenvalue weighted by atomic mass is 10.1. The largest absolute Gasteiger partial charge is 0.641 e. The number of rotatable bonds is 8. The number of hydrogen-bond acceptors (Lipinski definition) is 6. The van der Waals surface area contributed by atoms with Gasteiger partial charge in [-0.15, -0.1) is 25.3 Å². The van der Waals surface area contributed by atoms with E-state index in [0.29, 0.717) is 0 Å². The third kappa shape index (κ3) is 6.25. The Kier molecular flexibility index (Phi) is 7.65. The molecule has 0 radical (unpaired) electrons. The molecule has 0 saturated carbocycles. The summed E-state index contributed by atoms with van der Waals surface area (Å²) in [6.07, 6.45) is 0. The predicted octanol–water partition coefficient (Wildman–Crippen LogP) is 4.86. The van der Waals surface area contributed by atoms with Crippen molar-refractivity contribution in [1.29, 1.82) is 0 Å². The van der Waals surface area contributed by atoms with Gasteiger partial charge in [0.25, 0.3) is 0 Å². The van der Waals surface area contributed by atoms with E-state index in [2.05, 4.69) is 49.5 Å². The molecule has 2 aromatic rings. The van der Waals surface area contributed by atoms with E-state index in [1.807, 2.05) is 39.0 Å². The summed E-state index contributed by atoms with van der Waals surface area (Å²) in [5.41, 5.74) is -0.728. The van der Waals surface area contributed by atoms with Gasteiger partial charge in [-0.1, -0.05) is 48.2 Å². The van der Waals surface area contributed by atoms with Crippen LogP contribution in [0.2, 0.25) is 0 Å². The zero-order valence-electron chi connectivity index (χ0n) is 13.4. The normalized spacial score (nSPS) is 15.3. The van der Waals surface area contributed by atoms with E-state index in [9.17, 15) is 0 Å². The molecule has 2 rings (SSSR count). The fourth-order valence-corrected chi connectivity index (χ4v) is 3.25. The number of thioether (sulfide) groups is 1. The maximum Gasteiger partial charge on any atom is 0.641 e. The van der Waals surface area contributed by atoms with Crippen molar-refractivity contribution >= 4 is 55.1 Å². The van der Waals surface area contributed by atoms with Crippen LogP contribution in [0.1, 0.15) is 20.8 Å². The lowest BCUT2D eigenvalue weighted by molar-refractivity contribution is 0.0819. The summed E-state index contributed by atoms with van der Waals surface area (Å²) in [5, 5.41) is 2.42. The van der Waals surface area contributed by atoms with Crippen molar-refractivity contribution in [3.63, 3.8) is 0 Å². The van der Waals surface area contributed by atoms with Crippen LogP contribution >= 0.6 is 37.0 Å². The molecule has 3 unspecified atom stereocenters. The maximum absolute atomic E-state index is 5.85. The van der Waals surface area contributed by atoms with Crippen molar-refractivity contribution in [3.05, 3.63) is 42.5 Å². The molecular weight excluding hydrogens is 347 g/mol. The molecule has 0 aliphatic heterocycles. The van der Waals surface area contributed by atoms with Crippen LogP contribution < -0.4 is 0 Å². The van der Waals surface area contributed by atoms with E-state index in [4.69, 9.17) is 14.0 Å². The molecule has 0 amide bonds. The Balaban J connectivity index is 2.05. The molecule has 0 N–H and O–H groups in total. The van der Waals surface area contributed by atoms with Crippen molar-refractivity contribution in [2.45, 2.75) is 42.0 Å². The van der Waals surface area contributed by atoms with Gasteiger partial charge >= 0.3 is 7.32 Å². The van der Waals surface area contributed by atoms with E-state index in [0.717, 1.165) is 4.90 Å². The molecule has 0 aliphatic carbocycles. The molecule has 0 heterocycles. The highest BCUT2D eigenvalue weighted by Crippen LogP contribution is 2.31. The van der Waals surface area contributed by atoms with Crippen molar-refractivity contribution in [2.24, 2.45) is 0 Å². The van der Waals surface area contributed by atoms with Gasteiger partial charge in [0, 0.05) is 4.90 Å². The van der Waals surface area contributed by atoms with Gasteiger partial charge in [-0.25, -0.2) is 0 Å². The highest BCUT2D eigenvalue weighted by molar-refractivity contribution is 8.00. The number of benzene rings is 2. The van der Waals surface area contributed by atoms with Gasteiger partial charge in [0.2, 0.25) is 0 Å². The van der Waals surface area contributed by atoms with Gasteiger partial charge in [-0.2, -0.15) is 0 Å². The number of hydrogen-bond donors (Lipinski definition) is 2. The molecule has 3 atom stereocenters. The van der Waals surface area contributed by atoms with Gasteiger partial charge in [0.15, 0.2) is 0 Å². The lowest BCUT2D eigenvalue weighted by Gasteiger charge is -2.21. The van der Waals surface area contributed by atoms with Crippen LogP contribution in [0, 0.1) is 0 Å². The standard InChI is InChI=1S/C16H21BO3S3/c1-11(21)18-17(19-12(2)22)20-13(3)23-16-10-6-8-14-7-4-5-9-15(14)16/h4-13,21-22H,1-3H3. The topological polar surface area (TPSA) is 27.7 Å². The van der Waals surface area contributed by atoms with Crippen molar-refractivity contribution < 1.29 is 14.0 Å². The third-order valence-electron chi connectivity index (χ3n) is 2.96. The van der Waals surface area contributed by atoms with Crippen LogP contribution in [-0.2, 0) is 14.0 Å². The molecule has 0 saturated heterocycles. The van der Waals surface area contributed by atoms with Gasteiger partial charge in [0.05, 0.1) is 16.3 Å². The second-order valence-electron chi connectivity index (χ2n) is 5.06. The first-order valence-electron chi connectivity index (χ1n) is 7.42. The summed E-state index contributed by atoms with van der Waals surface area (Å²) < 4.78 is 16.9. The Labute approximate surface area is 153 Å². The molecular formula is C16H21BO3S3. The molecule has 0 aromatic heterocycles. The second kappa shape index (κ2) is 9.25. The third-order valence-corrected chi connectivity index (χ3v) is 4.26. The highest BCUT2D eigenvalue weighted by Gasteiger charge is 2.28. The van der Waals surface area contributed by atoms with E-state index in [-0.39, 0.29) is 16.3 Å². The fraction of sp³-hybridized carbons (Fsp3) is 0.375. The number of fused-ring (bicyclic) bond motifs is 1. The predicted molar refractivity (Wildman–Crippen MR) is 105 cm³/mol. The molecule has 3 nitrogen and oxygen atoms in total. The van der Waals surface area contributed by atoms with Crippen molar-refractivity contribution in [1.82, 2.24) is 0 Å². The summed E-state index contributed by atoms with van der Waals surface area (Å²) in [4.78, 5) is 1.16. The SMILES string of the molecule is CC(S)OB(OC(C)S)OC(C)Sc1cccc2ccccc12. The second-order valence-corrected chi connectivity index (χ2v) is 7.85. The molecule has 0 fully saturated rings. The Morgan fingerprint density at radius 3 is 2.13 bits per heavy atom. The van der Waals surface area contributed by atoms with Gasteiger partial charge in [-0.05, 0) is 37.6 Å². The lowest BCUT2D eigenvalue weighted by Crippen LogP contribution is -2.33. The average Bonchev–Trinajstić information content (AvgIpc) is 2.46. The van der Waals surface area contributed by atoms with Gasteiger partial charge < -0.3 is 14.0 Å².